The summed E-state index contributed by atoms with van der Waals surface area (Å²) in [5.41, 5.74) is 5.40. The van der Waals surface area contributed by atoms with Crippen molar-refractivity contribution in [1.29, 1.82) is 0 Å². The molecule has 0 atom stereocenters. The van der Waals surface area contributed by atoms with E-state index in [9.17, 15) is 4.79 Å². The van der Waals surface area contributed by atoms with Crippen LogP contribution in [0, 0.1) is 0 Å². The predicted molar refractivity (Wildman–Crippen MR) is 135 cm³/mol. The molecule has 1 N–H and O–H groups in total. The van der Waals surface area contributed by atoms with Gasteiger partial charge in [-0.25, -0.2) is 0 Å². The van der Waals surface area contributed by atoms with Crippen LogP contribution < -0.4 is 5.32 Å². The number of para-hydroxylation sites is 1. The monoisotopic (exact) mass is 437 g/mol. The van der Waals surface area contributed by atoms with E-state index < -0.39 is 0 Å². The van der Waals surface area contributed by atoms with Crippen LogP contribution in [0.15, 0.2) is 84.9 Å². The summed E-state index contributed by atoms with van der Waals surface area (Å²) < 4.78 is 2.24. The Labute approximate surface area is 195 Å². The van der Waals surface area contributed by atoms with E-state index in [0.717, 1.165) is 48.1 Å². The van der Waals surface area contributed by atoms with Gasteiger partial charge in [-0.2, -0.15) is 0 Å². The third-order valence-corrected chi connectivity index (χ3v) is 6.46. The molecule has 1 saturated carbocycles. The molecule has 1 aromatic heterocycles. The first kappa shape index (κ1) is 21.5. The molecule has 0 bridgehead atoms. The molecule has 0 saturated heterocycles. The zero-order chi connectivity index (χ0) is 22.8. The van der Waals surface area contributed by atoms with Gasteiger partial charge >= 0.3 is 0 Å². The molecule has 5 rings (SSSR count). The predicted octanol–water partition coefficient (Wildman–Crippen LogP) is 5.28. The molecule has 4 aromatic rings. The van der Waals surface area contributed by atoms with Crippen molar-refractivity contribution in [2.75, 3.05) is 20.6 Å². The van der Waals surface area contributed by atoms with Crippen molar-refractivity contribution in [3.8, 4) is 0 Å². The smallest absolute Gasteiger partial charge is 0.268 e. The molecule has 168 valence electrons. The number of hydrogen-bond acceptors (Lipinski definition) is 2. The lowest BCUT2D eigenvalue weighted by Gasteiger charge is -2.21. The normalized spacial score (nSPS) is 13.7. The van der Waals surface area contributed by atoms with Crippen LogP contribution in [0.1, 0.15) is 45.9 Å². The average Bonchev–Trinajstić information content (AvgIpc) is 3.60. The SMILES string of the molecule is CN(C)CCn1c(C(=O)NC2CC2)c(C(c2ccccc2)c2ccccc2)c2ccccc21. The van der Waals surface area contributed by atoms with Crippen molar-refractivity contribution in [2.45, 2.75) is 31.3 Å². The number of fused-ring (bicyclic) bond motifs is 1. The maximum absolute atomic E-state index is 13.8. The maximum atomic E-state index is 13.8. The second-order valence-corrected chi connectivity index (χ2v) is 9.24. The molecule has 1 heterocycles. The lowest BCUT2D eigenvalue weighted by Crippen LogP contribution is -2.30. The fraction of sp³-hybridized carbons (Fsp3) is 0.276. The largest absolute Gasteiger partial charge is 0.348 e. The Morgan fingerprint density at radius 3 is 2.06 bits per heavy atom. The van der Waals surface area contributed by atoms with E-state index in [1.165, 1.54) is 11.1 Å². The quantitative estimate of drug-likeness (QED) is 0.407. The lowest BCUT2D eigenvalue weighted by atomic mass is 9.83. The zero-order valence-electron chi connectivity index (χ0n) is 19.4. The molecule has 4 heteroatoms. The standard InChI is InChI=1S/C29H31N3O/c1-31(2)19-20-32-25-16-10-9-15-24(25)27(28(32)29(33)30-23-17-18-23)26(21-11-5-3-6-12-21)22-13-7-4-8-14-22/h3-16,23,26H,17-20H2,1-2H3,(H,30,33). The van der Waals surface area contributed by atoms with Crippen LogP contribution in [0.2, 0.25) is 0 Å². The van der Waals surface area contributed by atoms with Crippen molar-refractivity contribution >= 4 is 16.8 Å². The van der Waals surface area contributed by atoms with E-state index in [1.807, 2.05) is 12.1 Å². The minimum absolute atomic E-state index is 0.0298. The highest BCUT2D eigenvalue weighted by molar-refractivity contribution is 6.03. The molecule has 33 heavy (non-hydrogen) atoms. The number of rotatable bonds is 8. The van der Waals surface area contributed by atoms with Crippen LogP contribution in [-0.2, 0) is 6.54 Å². The van der Waals surface area contributed by atoms with Crippen LogP contribution in [0.25, 0.3) is 10.9 Å². The van der Waals surface area contributed by atoms with Gasteiger partial charge in [0, 0.05) is 41.5 Å². The molecule has 1 aliphatic carbocycles. The number of nitrogens with one attached hydrogen (secondary N) is 1. The summed E-state index contributed by atoms with van der Waals surface area (Å²) in [6.45, 7) is 1.63. The number of carbonyl (C=O) groups is 1. The third kappa shape index (κ3) is 4.44. The van der Waals surface area contributed by atoms with Crippen LogP contribution in [0.5, 0.6) is 0 Å². The van der Waals surface area contributed by atoms with Gasteiger partial charge in [-0.15, -0.1) is 0 Å². The van der Waals surface area contributed by atoms with Crippen LogP contribution >= 0.6 is 0 Å². The third-order valence-electron chi connectivity index (χ3n) is 6.46. The van der Waals surface area contributed by atoms with Crippen LogP contribution in [0.3, 0.4) is 0 Å². The van der Waals surface area contributed by atoms with E-state index in [2.05, 4.69) is 102 Å². The van der Waals surface area contributed by atoms with Crippen molar-refractivity contribution in [3.05, 3.63) is 107 Å². The van der Waals surface area contributed by atoms with Crippen molar-refractivity contribution in [1.82, 2.24) is 14.8 Å². The molecule has 4 nitrogen and oxygen atoms in total. The molecule has 0 spiro atoms. The summed E-state index contributed by atoms with van der Waals surface area (Å²) in [5.74, 6) is 0.0113. The van der Waals surface area contributed by atoms with Crippen molar-refractivity contribution in [2.24, 2.45) is 0 Å². The number of likely N-dealkylation sites (N-methyl/N-ethyl adjacent to an activating group) is 1. The molecule has 1 fully saturated rings. The number of nitrogens with zero attached hydrogens (tertiary/aromatic N) is 2. The topological polar surface area (TPSA) is 37.3 Å². The summed E-state index contributed by atoms with van der Waals surface area (Å²) in [6, 6.07) is 29.9. The molecule has 3 aromatic carbocycles. The molecule has 1 amide bonds. The van der Waals surface area contributed by atoms with E-state index >= 15 is 0 Å². The fourth-order valence-corrected chi connectivity index (χ4v) is 4.70. The number of carbonyl (C=O) groups excluding carboxylic acids is 1. The number of aromatic nitrogens is 1. The Morgan fingerprint density at radius 1 is 0.909 bits per heavy atom. The van der Waals surface area contributed by atoms with Gasteiger partial charge in [0.2, 0.25) is 0 Å². The number of benzene rings is 3. The van der Waals surface area contributed by atoms with E-state index in [4.69, 9.17) is 0 Å². The van der Waals surface area contributed by atoms with Gasteiger partial charge in [0.05, 0.1) is 0 Å². The first-order valence-electron chi connectivity index (χ1n) is 11.8. The minimum atomic E-state index is -0.0298. The second kappa shape index (κ2) is 9.24. The summed E-state index contributed by atoms with van der Waals surface area (Å²) in [4.78, 5) is 15.9. The van der Waals surface area contributed by atoms with Gasteiger partial charge < -0.3 is 14.8 Å². The molecule has 0 radical (unpaired) electrons. The van der Waals surface area contributed by atoms with Gasteiger partial charge in [0.15, 0.2) is 0 Å². The van der Waals surface area contributed by atoms with Gasteiger partial charge in [-0.3, -0.25) is 4.79 Å². The first-order valence-corrected chi connectivity index (χ1v) is 11.8. The van der Waals surface area contributed by atoms with E-state index in [1.54, 1.807) is 0 Å². The summed E-state index contributed by atoms with van der Waals surface area (Å²) in [5, 5.41) is 4.43. The first-order chi connectivity index (χ1) is 16.1. The van der Waals surface area contributed by atoms with Crippen molar-refractivity contribution in [3.63, 3.8) is 0 Å². The molecular weight excluding hydrogens is 406 g/mol. The number of hydrogen-bond donors (Lipinski definition) is 1. The fourth-order valence-electron chi connectivity index (χ4n) is 4.70. The molecule has 0 aliphatic heterocycles. The summed E-state index contributed by atoms with van der Waals surface area (Å²) in [6.07, 6.45) is 2.14. The van der Waals surface area contributed by atoms with E-state index in [0.29, 0.717) is 6.04 Å². The summed E-state index contributed by atoms with van der Waals surface area (Å²) in [7, 11) is 4.15. The van der Waals surface area contributed by atoms with E-state index in [-0.39, 0.29) is 11.8 Å². The Balaban J connectivity index is 1.78. The maximum Gasteiger partial charge on any atom is 0.268 e. The van der Waals surface area contributed by atoms with Crippen LogP contribution in [-0.4, -0.2) is 42.1 Å². The zero-order valence-corrected chi connectivity index (χ0v) is 19.4. The molecule has 1 aliphatic rings. The Morgan fingerprint density at radius 2 is 1.48 bits per heavy atom. The molecule has 0 unspecified atom stereocenters. The highest BCUT2D eigenvalue weighted by Crippen LogP contribution is 2.40. The highest BCUT2D eigenvalue weighted by atomic mass is 16.2. The van der Waals surface area contributed by atoms with Gasteiger partial charge in [0.1, 0.15) is 5.69 Å². The molecular formula is C29H31N3O. The van der Waals surface area contributed by atoms with Gasteiger partial charge in [-0.1, -0.05) is 78.9 Å². The Bertz CT molecular complexity index is 1200. The Kier molecular flexibility index (Phi) is 6.01. The number of amides is 1. The minimum Gasteiger partial charge on any atom is -0.348 e. The van der Waals surface area contributed by atoms with Crippen molar-refractivity contribution < 1.29 is 4.79 Å². The lowest BCUT2D eigenvalue weighted by molar-refractivity contribution is 0.0940. The second-order valence-electron chi connectivity index (χ2n) is 9.24. The van der Waals surface area contributed by atoms with Crippen LogP contribution in [0.4, 0.5) is 0 Å². The average molecular weight is 438 g/mol. The van der Waals surface area contributed by atoms with Gasteiger partial charge in [-0.05, 0) is 44.1 Å². The highest BCUT2D eigenvalue weighted by Gasteiger charge is 2.32. The Hall–Kier alpha value is -3.37. The summed E-state index contributed by atoms with van der Waals surface area (Å²) >= 11 is 0. The van der Waals surface area contributed by atoms with Gasteiger partial charge in [0.25, 0.3) is 5.91 Å².